The fourth-order valence-corrected chi connectivity index (χ4v) is 2.95. The zero-order valence-corrected chi connectivity index (χ0v) is 16.4. The summed E-state index contributed by atoms with van der Waals surface area (Å²) in [6.45, 7) is 9.21. The van der Waals surface area contributed by atoms with Crippen molar-refractivity contribution in [3.8, 4) is 5.75 Å². The van der Waals surface area contributed by atoms with Gasteiger partial charge in [0, 0.05) is 6.54 Å². The first kappa shape index (κ1) is 20.9. The van der Waals surface area contributed by atoms with Crippen LogP contribution in [0.4, 0.5) is 0 Å². The van der Waals surface area contributed by atoms with Gasteiger partial charge in [-0.15, -0.1) is 0 Å². The van der Waals surface area contributed by atoms with E-state index in [9.17, 15) is 9.90 Å². The summed E-state index contributed by atoms with van der Waals surface area (Å²) >= 11 is 0. The number of esters is 1. The lowest BCUT2D eigenvalue weighted by molar-refractivity contribution is -0.162. The van der Waals surface area contributed by atoms with E-state index in [0.29, 0.717) is 30.0 Å². The van der Waals surface area contributed by atoms with Crippen LogP contribution >= 0.6 is 0 Å². The van der Waals surface area contributed by atoms with Gasteiger partial charge < -0.3 is 19.5 Å². The van der Waals surface area contributed by atoms with Crippen molar-refractivity contribution < 1.29 is 19.4 Å². The highest BCUT2D eigenvalue weighted by atomic mass is 16.5. The molecule has 2 aromatic rings. The molecule has 2 rings (SSSR count). The third-order valence-electron chi connectivity index (χ3n) is 4.61. The third kappa shape index (κ3) is 5.08. The molecule has 0 aliphatic heterocycles. The van der Waals surface area contributed by atoms with Crippen LogP contribution in [0.5, 0.6) is 5.75 Å². The number of likely N-dealkylation sites (N-methyl/N-ethyl adjacent to an activating group) is 1. The molecule has 0 bridgehead atoms. The van der Waals surface area contributed by atoms with Crippen molar-refractivity contribution in [3.63, 3.8) is 0 Å². The number of carbonyl (C=O) groups is 1. The van der Waals surface area contributed by atoms with Crippen molar-refractivity contribution in [2.24, 2.45) is 0 Å². The van der Waals surface area contributed by atoms with Crippen LogP contribution in [0.15, 0.2) is 54.6 Å². The van der Waals surface area contributed by atoms with E-state index in [0.717, 1.165) is 13.1 Å². The average Bonchev–Trinajstić information content (AvgIpc) is 2.72. The van der Waals surface area contributed by atoms with Crippen molar-refractivity contribution in [2.75, 3.05) is 32.8 Å². The maximum absolute atomic E-state index is 12.9. The molecule has 0 saturated heterocycles. The van der Waals surface area contributed by atoms with E-state index in [-0.39, 0.29) is 6.61 Å². The summed E-state index contributed by atoms with van der Waals surface area (Å²) in [5.74, 6) is 0.0107. The summed E-state index contributed by atoms with van der Waals surface area (Å²) in [4.78, 5) is 15.1. The van der Waals surface area contributed by atoms with Crippen LogP contribution in [0.1, 0.15) is 31.9 Å². The minimum atomic E-state index is -1.87. The van der Waals surface area contributed by atoms with E-state index >= 15 is 0 Å². The SMILES string of the molecule is CCOc1ccc(C(O)(C(=O)OCCN(CC)CC)c2ccccc2)cc1. The lowest BCUT2D eigenvalue weighted by Gasteiger charge is -2.28. The molecule has 0 radical (unpaired) electrons. The van der Waals surface area contributed by atoms with Gasteiger partial charge in [0.2, 0.25) is 5.60 Å². The minimum Gasteiger partial charge on any atom is -0.494 e. The summed E-state index contributed by atoms with van der Waals surface area (Å²) in [6, 6.07) is 15.8. The largest absolute Gasteiger partial charge is 0.494 e. The van der Waals surface area contributed by atoms with Crippen molar-refractivity contribution in [1.29, 1.82) is 0 Å². The molecule has 0 spiro atoms. The molecule has 5 heteroatoms. The first-order chi connectivity index (χ1) is 13.1. The second kappa shape index (κ2) is 10.1. The first-order valence-corrected chi connectivity index (χ1v) is 9.47. The molecule has 0 aromatic heterocycles. The summed E-state index contributed by atoms with van der Waals surface area (Å²) in [5.41, 5.74) is -0.943. The van der Waals surface area contributed by atoms with Gasteiger partial charge in [-0.2, -0.15) is 0 Å². The number of hydrogen-bond acceptors (Lipinski definition) is 5. The molecule has 0 amide bonds. The Morgan fingerprint density at radius 2 is 1.56 bits per heavy atom. The number of rotatable bonds is 10. The van der Waals surface area contributed by atoms with Gasteiger partial charge in [0.15, 0.2) is 0 Å². The monoisotopic (exact) mass is 371 g/mol. The quantitative estimate of drug-likeness (QED) is 0.650. The van der Waals surface area contributed by atoms with Crippen LogP contribution in [-0.2, 0) is 15.1 Å². The predicted octanol–water partition coefficient (Wildman–Crippen LogP) is 3.21. The highest BCUT2D eigenvalue weighted by molar-refractivity contribution is 5.85. The topological polar surface area (TPSA) is 59.0 Å². The summed E-state index contributed by atoms with van der Waals surface area (Å²) < 4.78 is 10.9. The molecular weight excluding hydrogens is 342 g/mol. The molecule has 1 atom stereocenters. The van der Waals surface area contributed by atoms with E-state index in [4.69, 9.17) is 9.47 Å². The maximum Gasteiger partial charge on any atom is 0.347 e. The molecule has 0 aliphatic carbocycles. The number of ether oxygens (including phenoxy) is 2. The van der Waals surface area contributed by atoms with Gasteiger partial charge in [-0.1, -0.05) is 56.3 Å². The maximum atomic E-state index is 12.9. The van der Waals surface area contributed by atoms with Crippen LogP contribution in [-0.4, -0.2) is 48.8 Å². The molecule has 2 aromatic carbocycles. The fourth-order valence-electron chi connectivity index (χ4n) is 2.95. The number of nitrogens with zero attached hydrogens (tertiary/aromatic N) is 1. The lowest BCUT2D eigenvalue weighted by Crippen LogP contribution is -2.40. The lowest BCUT2D eigenvalue weighted by atomic mass is 9.86. The number of aliphatic hydroxyl groups is 1. The van der Waals surface area contributed by atoms with Gasteiger partial charge in [-0.25, -0.2) is 4.79 Å². The summed E-state index contributed by atoms with van der Waals surface area (Å²) in [7, 11) is 0. The number of carbonyl (C=O) groups excluding carboxylic acids is 1. The molecule has 146 valence electrons. The summed E-state index contributed by atoms with van der Waals surface area (Å²) in [6.07, 6.45) is 0. The van der Waals surface area contributed by atoms with Crippen molar-refractivity contribution in [2.45, 2.75) is 26.4 Å². The van der Waals surface area contributed by atoms with Crippen LogP contribution < -0.4 is 4.74 Å². The van der Waals surface area contributed by atoms with Crippen LogP contribution in [0, 0.1) is 0 Å². The van der Waals surface area contributed by atoms with Gasteiger partial charge in [0.05, 0.1) is 6.61 Å². The average molecular weight is 371 g/mol. The van der Waals surface area contributed by atoms with Crippen LogP contribution in [0.2, 0.25) is 0 Å². The predicted molar refractivity (Wildman–Crippen MR) is 106 cm³/mol. The van der Waals surface area contributed by atoms with Gasteiger partial charge in [-0.05, 0) is 43.3 Å². The minimum absolute atomic E-state index is 0.229. The smallest absolute Gasteiger partial charge is 0.347 e. The van der Waals surface area contributed by atoms with Crippen LogP contribution in [0.3, 0.4) is 0 Å². The first-order valence-electron chi connectivity index (χ1n) is 9.47. The highest BCUT2D eigenvalue weighted by Crippen LogP contribution is 2.32. The molecule has 5 nitrogen and oxygen atoms in total. The molecule has 0 heterocycles. The molecule has 1 N–H and O–H groups in total. The second-order valence-electron chi connectivity index (χ2n) is 6.20. The zero-order valence-electron chi connectivity index (χ0n) is 16.4. The molecule has 0 saturated carbocycles. The van der Waals surface area contributed by atoms with Crippen molar-refractivity contribution >= 4 is 5.97 Å². The highest BCUT2D eigenvalue weighted by Gasteiger charge is 2.41. The van der Waals surface area contributed by atoms with E-state index in [2.05, 4.69) is 18.7 Å². The Bertz CT molecular complexity index is 698. The Balaban J connectivity index is 2.26. The summed E-state index contributed by atoms with van der Waals surface area (Å²) in [5, 5.41) is 11.4. The van der Waals surface area contributed by atoms with Gasteiger partial charge >= 0.3 is 5.97 Å². The molecule has 27 heavy (non-hydrogen) atoms. The third-order valence-corrected chi connectivity index (χ3v) is 4.61. The molecule has 0 aliphatic rings. The number of benzene rings is 2. The zero-order chi connectivity index (χ0) is 19.7. The standard InChI is InChI=1S/C22H29NO4/c1-4-23(5-2)16-17-27-21(24)22(25,18-10-8-7-9-11-18)19-12-14-20(15-13-19)26-6-3/h7-15,25H,4-6,16-17H2,1-3H3. The number of hydrogen-bond donors (Lipinski definition) is 1. The van der Waals surface area contributed by atoms with E-state index in [1.807, 2.05) is 13.0 Å². The fraction of sp³-hybridized carbons (Fsp3) is 0.409. The van der Waals surface area contributed by atoms with E-state index < -0.39 is 11.6 Å². The van der Waals surface area contributed by atoms with Gasteiger partial charge in [0.25, 0.3) is 0 Å². The molecule has 0 fully saturated rings. The molecular formula is C22H29NO4. The van der Waals surface area contributed by atoms with Crippen molar-refractivity contribution in [3.05, 3.63) is 65.7 Å². The Morgan fingerprint density at radius 3 is 2.11 bits per heavy atom. The van der Waals surface area contributed by atoms with Crippen LogP contribution in [0.25, 0.3) is 0 Å². The van der Waals surface area contributed by atoms with Gasteiger partial charge in [0.1, 0.15) is 12.4 Å². The van der Waals surface area contributed by atoms with Gasteiger partial charge in [-0.3, -0.25) is 0 Å². The van der Waals surface area contributed by atoms with Crippen molar-refractivity contribution in [1.82, 2.24) is 4.90 Å². The Kier molecular flexibility index (Phi) is 7.82. The normalized spacial score (nSPS) is 13.2. The van der Waals surface area contributed by atoms with E-state index in [1.54, 1.807) is 48.5 Å². The Morgan fingerprint density at radius 1 is 0.963 bits per heavy atom. The molecule has 1 unspecified atom stereocenters. The Hall–Kier alpha value is -2.37. The van der Waals surface area contributed by atoms with E-state index in [1.165, 1.54) is 0 Å². The Labute approximate surface area is 161 Å². The second-order valence-corrected chi connectivity index (χ2v) is 6.20.